The van der Waals surface area contributed by atoms with Crippen LogP contribution in [-0.4, -0.2) is 19.6 Å². The van der Waals surface area contributed by atoms with Crippen molar-refractivity contribution in [3.8, 4) is 23.0 Å². The highest BCUT2D eigenvalue weighted by atomic mass is 35.5. The first-order chi connectivity index (χ1) is 17.1. The lowest BCUT2D eigenvalue weighted by molar-refractivity contribution is -0.118. The van der Waals surface area contributed by atoms with E-state index in [1.165, 1.54) is 7.11 Å². The van der Waals surface area contributed by atoms with E-state index in [9.17, 15) is 4.79 Å². The first-order valence-electron chi connectivity index (χ1n) is 11.0. The lowest BCUT2D eigenvalue weighted by atomic mass is 10.2. The van der Waals surface area contributed by atoms with Crippen LogP contribution >= 0.6 is 11.6 Å². The number of methoxy groups -OCH3 is 1. The Morgan fingerprint density at radius 1 is 0.829 bits per heavy atom. The second-order valence-electron chi connectivity index (χ2n) is 7.60. The van der Waals surface area contributed by atoms with E-state index in [1.807, 2.05) is 78.9 Å². The highest BCUT2D eigenvalue weighted by molar-refractivity contribution is 6.32. The molecule has 0 unspecified atom stereocenters. The van der Waals surface area contributed by atoms with Gasteiger partial charge in [0.1, 0.15) is 11.5 Å². The van der Waals surface area contributed by atoms with E-state index in [0.717, 1.165) is 22.7 Å². The van der Waals surface area contributed by atoms with Crippen molar-refractivity contribution in [2.24, 2.45) is 0 Å². The zero-order valence-corrected chi connectivity index (χ0v) is 19.9. The van der Waals surface area contributed by atoms with Gasteiger partial charge in [0.15, 0.2) is 18.1 Å². The van der Waals surface area contributed by atoms with Gasteiger partial charge in [-0.05, 0) is 66.2 Å². The zero-order valence-electron chi connectivity index (χ0n) is 19.2. The second-order valence-corrected chi connectivity index (χ2v) is 8.01. The Bertz CT molecular complexity index is 1250. The molecule has 0 atom stereocenters. The highest BCUT2D eigenvalue weighted by Crippen LogP contribution is 2.36. The molecule has 4 aromatic carbocycles. The van der Waals surface area contributed by atoms with Crippen molar-refractivity contribution in [2.75, 3.05) is 24.4 Å². The van der Waals surface area contributed by atoms with Gasteiger partial charge >= 0.3 is 0 Å². The number of nitrogens with one attached hydrogen (secondary N) is 2. The van der Waals surface area contributed by atoms with Crippen LogP contribution in [0.2, 0.25) is 5.02 Å². The minimum Gasteiger partial charge on any atom is -0.493 e. The van der Waals surface area contributed by atoms with Crippen LogP contribution in [0.25, 0.3) is 0 Å². The van der Waals surface area contributed by atoms with Gasteiger partial charge in [-0.15, -0.1) is 0 Å². The Kier molecular flexibility index (Phi) is 8.09. The molecule has 0 fully saturated rings. The molecule has 0 saturated carbocycles. The maximum absolute atomic E-state index is 12.2. The largest absolute Gasteiger partial charge is 0.493 e. The molecule has 0 aliphatic carbocycles. The number of amides is 1. The first-order valence-corrected chi connectivity index (χ1v) is 11.4. The van der Waals surface area contributed by atoms with Crippen molar-refractivity contribution in [3.05, 3.63) is 108 Å². The van der Waals surface area contributed by atoms with Crippen molar-refractivity contribution in [3.63, 3.8) is 0 Å². The predicted octanol–water partition coefficient (Wildman–Crippen LogP) is 6.77. The summed E-state index contributed by atoms with van der Waals surface area (Å²) in [5, 5.41) is 6.48. The van der Waals surface area contributed by atoms with Gasteiger partial charge in [-0.25, -0.2) is 0 Å². The number of hydrogen-bond acceptors (Lipinski definition) is 5. The molecule has 7 heteroatoms. The molecule has 0 radical (unpaired) electrons. The van der Waals surface area contributed by atoms with Gasteiger partial charge in [0.2, 0.25) is 0 Å². The van der Waals surface area contributed by atoms with E-state index in [-0.39, 0.29) is 12.5 Å². The number of para-hydroxylation sites is 2. The lowest BCUT2D eigenvalue weighted by Crippen LogP contribution is -2.20. The summed E-state index contributed by atoms with van der Waals surface area (Å²) in [6, 6.07) is 30.1. The number of carbonyl (C=O) groups excluding carboxylic acids is 1. The van der Waals surface area contributed by atoms with Gasteiger partial charge in [0.25, 0.3) is 5.91 Å². The van der Waals surface area contributed by atoms with Gasteiger partial charge in [-0.1, -0.05) is 48.0 Å². The summed E-state index contributed by atoms with van der Waals surface area (Å²) in [5.74, 6) is 2.02. The molecule has 178 valence electrons. The molecule has 35 heavy (non-hydrogen) atoms. The van der Waals surface area contributed by atoms with Crippen molar-refractivity contribution in [1.82, 2.24) is 0 Å². The summed E-state index contributed by atoms with van der Waals surface area (Å²) in [7, 11) is 1.53. The SMILES string of the molecule is COc1cc(CNc2ccc(Oc3ccccc3)cc2)cc(Cl)c1OCC(=O)Nc1ccccc1. The Morgan fingerprint density at radius 2 is 1.49 bits per heavy atom. The normalized spacial score (nSPS) is 10.3. The number of halogens is 1. The second kappa shape index (κ2) is 11.8. The van der Waals surface area contributed by atoms with Crippen LogP contribution in [0.15, 0.2) is 97.1 Å². The van der Waals surface area contributed by atoms with Crippen molar-refractivity contribution in [1.29, 1.82) is 0 Å². The Morgan fingerprint density at radius 3 is 2.17 bits per heavy atom. The van der Waals surface area contributed by atoms with Crippen LogP contribution in [0.5, 0.6) is 23.0 Å². The van der Waals surface area contributed by atoms with Crippen LogP contribution in [0.4, 0.5) is 11.4 Å². The third-order valence-electron chi connectivity index (χ3n) is 5.02. The van der Waals surface area contributed by atoms with Crippen LogP contribution in [0.3, 0.4) is 0 Å². The molecule has 0 saturated heterocycles. The number of ether oxygens (including phenoxy) is 3. The molecular formula is C28H25ClN2O4. The van der Waals surface area contributed by atoms with Gasteiger partial charge in [-0.2, -0.15) is 0 Å². The predicted molar refractivity (Wildman–Crippen MR) is 139 cm³/mol. The molecule has 6 nitrogen and oxygen atoms in total. The molecule has 0 aliphatic heterocycles. The maximum atomic E-state index is 12.2. The molecule has 4 rings (SSSR count). The number of rotatable bonds is 10. The van der Waals surface area contributed by atoms with E-state index in [4.69, 9.17) is 25.8 Å². The summed E-state index contributed by atoms with van der Waals surface area (Å²) in [6.07, 6.45) is 0. The van der Waals surface area contributed by atoms with Gasteiger partial charge in [0.05, 0.1) is 12.1 Å². The summed E-state index contributed by atoms with van der Waals surface area (Å²) < 4.78 is 16.9. The summed E-state index contributed by atoms with van der Waals surface area (Å²) in [4.78, 5) is 12.2. The molecule has 0 bridgehead atoms. The van der Waals surface area contributed by atoms with Crippen LogP contribution in [0, 0.1) is 0 Å². The molecule has 0 aromatic heterocycles. The third-order valence-corrected chi connectivity index (χ3v) is 5.30. The van der Waals surface area contributed by atoms with Crippen LogP contribution < -0.4 is 24.8 Å². The van der Waals surface area contributed by atoms with Crippen molar-refractivity contribution < 1.29 is 19.0 Å². The average molecular weight is 489 g/mol. The van der Waals surface area contributed by atoms with E-state index < -0.39 is 0 Å². The summed E-state index contributed by atoms with van der Waals surface area (Å²) in [6.45, 7) is 0.323. The first kappa shape index (κ1) is 24.0. The Hall–Kier alpha value is -4.16. The number of hydrogen-bond donors (Lipinski definition) is 2. The fourth-order valence-corrected chi connectivity index (χ4v) is 3.63. The molecule has 0 spiro atoms. The molecule has 0 heterocycles. The van der Waals surface area contributed by atoms with E-state index in [1.54, 1.807) is 18.2 Å². The smallest absolute Gasteiger partial charge is 0.262 e. The molecule has 4 aromatic rings. The highest BCUT2D eigenvalue weighted by Gasteiger charge is 2.14. The van der Waals surface area contributed by atoms with Crippen LogP contribution in [0.1, 0.15) is 5.56 Å². The molecule has 2 N–H and O–H groups in total. The maximum Gasteiger partial charge on any atom is 0.262 e. The molecule has 0 aliphatic rings. The minimum absolute atomic E-state index is 0.194. The quantitative estimate of drug-likeness (QED) is 0.258. The van der Waals surface area contributed by atoms with E-state index >= 15 is 0 Å². The van der Waals surface area contributed by atoms with Crippen molar-refractivity contribution in [2.45, 2.75) is 6.54 Å². The van der Waals surface area contributed by atoms with Gasteiger partial charge < -0.3 is 24.8 Å². The van der Waals surface area contributed by atoms with Gasteiger partial charge in [0, 0.05) is 17.9 Å². The number of carbonyl (C=O) groups is 1. The minimum atomic E-state index is -0.292. The van der Waals surface area contributed by atoms with Gasteiger partial charge in [-0.3, -0.25) is 4.79 Å². The van der Waals surface area contributed by atoms with Crippen molar-refractivity contribution >= 4 is 28.9 Å². The fraction of sp³-hybridized carbons (Fsp3) is 0.107. The molecular weight excluding hydrogens is 464 g/mol. The summed E-state index contributed by atoms with van der Waals surface area (Å²) >= 11 is 6.46. The monoisotopic (exact) mass is 488 g/mol. The standard InChI is InChI=1S/C28H25ClN2O4/c1-33-26-17-20(16-25(29)28(26)34-19-27(32)31-22-8-4-2-5-9-22)18-30-21-12-14-24(15-13-21)35-23-10-6-3-7-11-23/h2-17,30H,18-19H2,1H3,(H,31,32). The number of anilines is 2. The Labute approximate surface area is 209 Å². The third kappa shape index (κ3) is 6.91. The van der Waals surface area contributed by atoms with E-state index in [0.29, 0.717) is 28.8 Å². The fourth-order valence-electron chi connectivity index (χ4n) is 3.34. The summed E-state index contributed by atoms with van der Waals surface area (Å²) in [5.41, 5.74) is 2.52. The number of benzene rings is 4. The van der Waals surface area contributed by atoms with Crippen LogP contribution in [-0.2, 0) is 11.3 Å². The lowest BCUT2D eigenvalue weighted by Gasteiger charge is -2.15. The topological polar surface area (TPSA) is 68.8 Å². The van der Waals surface area contributed by atoms with E-state index in [2.05, 4.69) is 10.6 Å². The average Bonchev–Trinajstić information content (AvgIpc) is 2.88. The zero-order chi connectivity index (χ0) is 24.5. The molecule has 1 amide bonds. The Balaban J connectivity index is 1.34.